The van der Waals surface area contributed by atoms with E-state index in [1.54, 1.807) is 43.2 Å². The summed E-state index contributed by atoms with van der Waals surface area (Å²) in [6, 6.07) is 4.40. The zero-order valence-electron chi connectivity index (χ0n) is 10.1. The summed E-state index contributed by atoms with van der Waals surface area (Å²) in [7, 11) is 1.77. The van der Waals surface area contributed by atoms with Crippen molar-refractivity contribution in [1.82, 2.24) is 9.78 Å². The van der Waals surface area contributed by atoms with Gasteiger partial charge in [0.05, 0.1) is 11.9 Å². The number of urea groups is 1. The second-order valence-electron chi connectivity index (χ2n) is 3.98. The van der Waals surface area contributed by atoms with E-state index in [4.69, 9.17) is 0 Å². The molecule has 1 aromatic carbocycles. The van der Waals surface area contributed by atoms with Gasteiger partial charge in [0.1, 0.15) is 5.75 Å². The largest absolute Gasteiger partial charge is 0.508 e. The first-order valence-electron chi connectivity index (χ1n) is 5.41. The number of hydrogen-bond donors (Lipinski definition) is 3. The smallest absolute Gasteiger partial charge is 0.323 e. The highest BCUT2D eigenvalue weighted by Gasteiger charge is 2.06. The molecule has 1 heterocycles. The van der Waals surface area contributed by atoms with E-state index in [0.29, 0.717) is 11.4 Å². The predicted molar refractivity (Wildman–Crippen MR) is 68.7 cm³/mol. The maximum absolute atomic E-state index is 11.7. The molecule has 2 amide bonds. The maximum atomic E-state index is 11.7. The number of nitrogens with zero attached hydrogens (tertiary/aromatic N) is 2. The van der Waals surface area contributed by atoms with Gasteiger partial charge in [0.2, 0.25) is 0 Å². The maximum Gasteiger partial charge on any atom is 0.323 e. The van der Waals surface area contributed by atoms with Crippen LogP contribution >= 0.6 is 0 Å². The average Bonchev–Trinajstić information content (AvgIpc) is 2.68. The molecule has 6 nitrogen and oxygen atoms in total. The van der Waals surface area contributed by atoms with Gasteiger partial charge in [-0.1, -0.05) is 0 Å². The highest BCUT2D eigenvalue weighted by atomic mass is 16.3. The summed E-state index contributed by atoms with van der Waals surface area (Å²) in [5, 5.41) is 18.6. The van der Waals surface area contributed by atoms with E-state index < -0.39 is 0 Å². The second kappa shape index (κ2) is 4.79. The molecular weight excluding hydrogens is 232 g/mol. The van der Waals surface area contributed by atoms with Gasteiger partial charge < -0.3 is 15.7 Å². The minimum Gasteiger partial charge on any atom is -0.508 e. The fourth-order valence-corrected chi connectivity index (χ4v) is 1.56. The number of phenols is 1. The van der Waals surface area contributed by atoms with Crippen LogP contribution in [0.15, 0.2) is 30.6 Å². The van der Waals surface area contributed by atoms with Gasteiger partial charge in [-0.2, -0.15) is 5.10 Å². The molecule has 94 valence electrons. The van der Waals surface area contributed by atoms with Crippen LogP contribution in [0.4, 0.5) is 16.2 Å². The second-order valence-corrected chi connectivity index (χ2v) is 3.98. The molecule has 0 unspecified atom stereocenters. The van der Waals surface area contributed by atoms with Crippen LogP contribution < -0.4 is 10.6 Å². The molecule has 6 heteroatoms. The SMILES string of the molecule is Cc1cc(O)ccc1NC(=O)Nc1cnn(C)c1. The van der Waals surface area contributed by atoms with Crippen LogP contribution in [0.5, 0.6) is 5.75 Å². The number of phenolic OH excluding ortho intramolecular Hbond substituents is 1. The molecule has 2 aromatic rings. The average molecular weight is 246 g/mol. The molecule has 0 fully saturated rings. The summed E-state index contributed by atoms with van der Waals surface area (Å²) < 4.78 is 1.60. The molecule has 0 saturated carbocycles. The minimum atomic E-state index is -0.350. The van der Waals surface area contributed by atoms with Gasteiger partial charge in [-0.05, 0) is 30.7 Å². The lowest BCUT2D eigenvalue weighted by molar-refractivity contribution is 0.262. The Morgan fingerprint density at radius 1 is 1.39 bits per heavy atom. The van der Waals surface area contributed by atoms with Crippen molar-refractivity contribution in [2.24, 2.45) is 7.05 Å². The number of aromatic hydroxyl groups is 1. The first-order chi connectivity index (χ1) is 8.54. The van der Waals surface area contributed by atoms with Crippen molar-refractivity contribution < 1.29 is 9.90 Å². The summed E-state index contributed by atoms with van der Waals surface area (Å²) in [6.45, 7) is 1.80. The van der Waals surface area contributed by atoms with Crippen LogP contribution in [0.25, 0.3) is 0 Å². The summed E-state index contributed by atoms with van der Waals surface area (Å²) >= 11 is 0. The topological polar surface area (TPSA) is 79.2 Å². The van der Waals surface area contributed by atoms with Crippen molar-refractivity contribution in [3.63, 3.8) is 0 Å². The van der Waals surface area contributed by atoms with Crippen LogP contribution in [0, 0.1) is 6.92 Å². The molecule has 0 aliphatic heterocycles. The monoisotopic (exact) mass is 246 g/mol. The summed E-state index contributed by atoms with van der Waals surface area (Å²) in [6.07, 6.45) is 3.26. The summed E-state index contributed by atoms with van der Waals surface area (Å²) in [5.41, 5.74) is 2.05. The summed E-state index contributed by atoms with van der Waals surface area (Å²) in [4.78, 5) is 11.7. The molecule has 0 radical (unpaired) electrons. The zero-order chi connectivity index (χ0) is 13.1. The number of hydrogen-bond acceptors (Lipinski definition) is 3. The lowest BCUT2D eigenvalue weighted by Gasteiger charge is -2.08. The lowest BCUT2D eigenvalue weighted by Crippen LogP contribution is -2.19. The molecule has 0 atom stereocenters. The van der Waals surface area contributed by atoms with Gasteiger partial charge >= 0.3 is 6.03 Å². The standard InChI is InChI=1S/C12H14N4O2/c1-8-5-10(17)3-4-11(8)15-12(18)14-9-6-13-16(2)7-9/h3-7,17H,1-2H3,(H2,14,15,18). The third kappa shape index (κ3) is 2.79. The number of aromatic nitrogens is 2. The van der Waals surface area contributed by atoms with Gasteiger partial charge in [0.25, 0.3) is 0 Å². The van der Waals surface area contributed by atoms with E-state index in [9.17, 15) is 9.90 Å². The first-order valence-corrected chi connectivity index (χ1v) is 5.41. The third-order valence-corrected chi connectivity index (χ3v) is 2.42. The number of carbonyl (C=O) groups excluding carboxylic acids is 1. The molecular formula is C12H14N4O2. The van der Waals surface area contributed by atoms with E-state index in [2.05, 4.69) is 15.7 Å². The van der Waals surface area contributed by atoms with E-state index >= 15 is 0 Å². The van der Waals surface area contributed by atoms with Gasteiger partial charge in [0, 0.05) is 18.9 Å². The number of aryl methyl sites for hydroxylation is 2. The molecule has 3 N–H and O–H groups in total. The van der Waals surface area contributed by atoms with Crippen LogP contribution in [0.3, 0.4) is 0 Å². The number of carbonyl (C=O) groups is 1. The molecule has 2 rings (SSSR count). The normalized spacial score (nSPS) is 10.1. The summed E-state index contributed by atoms with van der Waals surface area (Å²) in [5.74, 6) is 0.172. The predicted octanol–water partition coefficient (Wildman–Crippen LogP) is 2.08. The minimum absolute atomic E-state index is 0.172. The highest BCUT2D eigenvalue weighted by molar-refractivity contribution is 6.00. The number of rotatable bonds is 2. The van der Waals surface area contributed by atoms with Crippen molar-refractivity contribution in [3.05, 3.63) is 36.2 Å². The van der Waals surface area contributed by atoms with Gasteiger partial charge in [0.15, 0.2) is 0 Å². The van der Waals surface area contributed by atoms with Gasteiger partial charge in [-0.25, -0.2) is 4.79 Å². The Morgan fingerprint density at radius 3 is 2.78 bits per heavy atom. The van der Waals surface area contributed by atoms with E-state index in [1.165, 1.54) is 6.07 Å². The number of anilines is 2. The molecule has 0 saturated heterocycles. The van der Waals surface area contributed by atoms with Crippen LogP contribution in [-0.2, 0) is 7.05 Å². The Bertz CT molecular complexity index is 577. The van der Waals surface area contributed by atoms with Crippen molar-refractivity contribution in [2.45, 2.75) is 6.92 Å². The van der Waals surface area contributed by atoms with Gasteiger partial charge in [-0.15, -0.1) is 0 Å². The van der Waals surface area contributed by atoms with Crippen LogP contribution in [-0.4, -0.2) is 20.9 Å². The van der Waals surface area contributed by atoms with Crippen molar-refractivity contribution >= 4 is 17.4 Å². The molecule has 0 bridgehead atoms. The Morgan fingerprint density at radius 2 is 2.17 bits per heavy atom. The van der Waals surface area contributed by atoms with Crippen LogP contribution in [0.2, 0.25) is 0 Å². The molecule has 0 spiro atoms. The molecule has 0 aliphatic carbocycles. The van der Waals surface area contributed by atoms with E-state index in [-0.39, 0.29) is 11.8 Å². The van der Waals surface area contributed by atoms with E-state index in [0.717, 1.165) is 5.56 Å². The third-order valence-electron chi connectivity index (χ3n) is 2.42. The molecule has 18 heavy (non-hydrogen) atoms. The Hall–Kier alpha value is -2.50. The number of benzene rings is 1. The molecule has 0 aliphatic rings. The van der Waals surface area contributed by atoms with E-state index in [1.807, 2.05) is 0 Å². The fourth-order valence-electron chi connectivity index (χ4n) is 1.56. The lowest BCUT2D eigenvalue weighted by atomic mass is 10.2. The van der Waals surface area contributed by atoms with Crippen molar-refractivity contribution in [3.8, 4) is 5.75 Å². The Balaban J connectivity index is 2.03. The van der Waals surface area contributed by atoms with Gasteiger partial charge in [-0.3, -0.25) is 4.68 Å². The Labute approximate surface area is 104 Å². The van der Waals surface area contributed by atoms with Crippen molar-refractivity contribution in [1.29, 1.82) is 0 Å². The zero-order valence-corrected chi connectivity index (χ0v) is 10.1. The fraction of sp³-hybridized carbons (Fsp3) is 0.167. The Kier molecular flexibility index (Phi) is 3.18. The number of amides is 2. The first kappa shape index (κ1) is 12.0. The van der Waals surface area contributed by atoms with Crippen LogP contribution in [0.1, 0.15) is 5.56 Å². The molecule has 1 aromatic heterocycles. The number of nitrogens with one attached hydrogen (secondary N) is 2. The highest BCUT2D eigenvalue weighted by Crippen LogP contribution is 2.20. The quantitative estimate of drug-likeness (QED) is 0.710. The van der Waals surface area contributed by atoms with Crippen molar-refractivity contribution in [2.75, 3.05) is 10.6 Å².